The normalized spacial score (nSPS) is 31.4. The van der Waals surface area contributed by atoms with E-state index in [0.717, 1.165) is 12.8 Å². The highest BCUT2D eigenvalue weighted by atomic mass is 31.2. The number of ether oxygens (including phenoxy) is 1. The van der Waals surface area contributed by atoms with Gasteiger partial charge in [-0.15, -0.1) is 0 Å². The first-order valence-electron chi connectivity index (χ1n) is 9.29. The molecule has 1 saturated heterocycles. The van der Waals surface area contributed by atoms with Gasteiger partial charge in [-0.25, -0.2) is 4.57 Å². The molecule has 1 N–H and O–H groups in total. The van der Waals surface area contributed by atoms with Gasteiger partial charge < -0.3 is 9.63 Å². The zero-order valence-electron chi connectivity index (χ0n) is 14.5. The van der Waals surface area contributed by atoms with E-state index in [1.54, 1.807) is 0 Å². The Hall–Kier alpha value is 0.0700. The van der Waals surface area contributed by atoms with Crippen molar-refractivity contribution in [2.24, 2.45) is 5.92 Å². The minimum atomic E-state index is -3.89. The van der Waals surface area contributed by atoms with E-state index in [2.05, 4.69) is 4.52 Å². The van der Waals surface area contributed by atoms with Crippen LogP contribution in [0.5, 0.6) is 0 Å². The van der Waals surface area contributed by atoms with Crippen molar-refractivity contribution in [1.29, 1.82) is 0 Å². The van der Waals surface area contributed by atoms with Gasteiger partial charge in [0.25, 0.3) is 0 Å². The van der Waals surface area contributed by atoms with E-state index in [9.17, 15) is 9.46 Å². The minimum Gasteiger partial charge on any atom is -0.372 e. The van der Waals surface area contributed by atoms with Crippen molar-refractivity contribution in [1.82, 2.24) is 0 Å². The van der Waals surface area contributed by atoms with Gasteiger partial charge in [0.15, 0.2) is 0 Å². The van der Waals surface area contributed by atoms with Gasteiger partial charge in [0, 0.05) is 7.11 Å². The summed E-state index contributed by atoms with van der Waals surface area (Å²) in [5, 5.41) is 0. The zero-order chi connectivity index (χ0) is 16.5. The molecule has 2 fully saturated rings. The molecule has 3 atom stereocenters. The standard InChI is InChI=1S/C17H33O5P/c1-20-23(18,19)21-14-16-12-13-17(22-16)15-10-8-6-4-2-3-5-7-9-11-15/h15-17H,2-14H2,1H3,(H,18,19)/t16-,17+/m0/s1. The quantitative estimate of drug-likeness (QED) is 0.721. The van der Waals surface area contributed by atoms with E-state index in [1.807, 2.05) is 0 Å². The molecule has 1 heterocycles. The largest absolute Gasteiger partial charge is 0.472 e. The Morgan fingerprint density at radius 2 is 1.52 bits per heavy atom. The first-order valence-corrected chi connectivity index (χ1v) is 10.8. The molecular formula is C17H33O5P. The maximum atomic E-state index is 11.4. The van der Waals surface area contributed by atoms with Crippen LogP contribution in [-0.4, -0.2) is 30.8 Å². The topological polar surface area (TPSA) is 65.0 Å². The lowest BCUT2D eigenvalue weighted by atomic mass is 9.89. The van der Waals surface area contributed by atoms with Crippen LogP contribution in [0.2, 0.25) is 0 Å². The summed E-state index contributed by atoms with van der Waals surface area (Å²) in [6, 6.07) is 0. The Labute approximate surface area is 140 Å². The highest BCUT2D eigenvalue weighted by Gasteiger charge is 2.33. The maximum absolute atomic E-state index is 11.4. The van der Waals surface area contributed by atoms with Crippen molar-refractivity contribution in [3.63, 3.8) is 0 Å². The number of rotatable bonds is 5. The summed E-state index contributed by atoms with van der Waals surface area (Å²) in [7, 11) is -2.70. The van der Waals surface area contributed by atoms with Gasteiger partial charge in [0.2, 0.25) is 0 Å². The summed E-state index contributed by atoms with van der Waals surface area (Å²) in [5.74, 6) is 0.640. The lowest BCUT2D eigenvalue weighted by Crippen LogP contribution is -2.23. The molecule has 2 aliphatic rings. The van der Waals surface area contributed by atoms with E-state index in [4.69, 9.17) is 9.26 Å². The highest BCUT2D eigenvalue weighted by Crippen LogP contribution is 2.43. The van der Waals surface area contributed by atoms with Crippen LogP contribution in [0.3, 0.4) is 0 Å². The SMILES string of the molecule is COP(=O)(O)OC[C@@H]1CC[C@H](C2CCCCCCCCCC2)O1. The number of hydrogen-bond acceptors (Lipinski definition) is 4. The molecule has 1 unspecified atom stereocenters. The van der Waals surface area contributed by atoms with Crippen LogP contribution in [0.25, 0.3) is 0 Å². The summed E-state index contributed by atoms with van der Waals surface area (Å²) in [5.41, 5.74) is 0. The van der Waals surface area contributed by atoms with Crippen LogP contribution in [0.4, 0.5) is 0 Å². The molecular weight excluding hydrogens is 315 g/mol. The Bertz CT molecular complexity index is 364. The van der Waals surface area contributed by atoms with Crippen LogP contribution in [0, 0.1) is 5.92 Å². The molecule has 136 valence electrons. The summed E-state index contributed by atoms with van der Waals surface area (Å²) in [4.78, 5) is 9.31. The first-order chi connectivity index (χ1) is 11.1. The molecule has 0 aromatic carbocycles. The van der Waals surface area contributed by atoms with Gasteiger partial charge in [-0.1, -0.05) is 51.4 Å². The minimum absolute atomic E-state index is 0.0752. The highest BCUT2D eigenvalue weighted by molar-refractivity contribution is 7.47. The molecule has 0 bridgehead atoms. The third-order valence-corrected chi connectivity index (χ3v) is 6.16. The van der Waals surface area contributed by atoms with E-state index >= 15 is 0 Å². The second kappa shape index (κ2) is 10.1. The van der Waals surface area contributed by atoms with Crippen molar-refractivity contribution in [2.45, 2.75) is 89.3 Å². The third-order valence-electron chi connectivity index (χ3n) is 5.22. The average molecular weight is 348 g/mol. The summed E-state index contributed by atoms with van der Waals surface area (Å²) in [6.45, 7) is 0.144. The van der Waals surface area contributed by atoms with Crippen LogP contribution in [0.1, 0.15) is 77.0 Å². The summed E-state index contributed by atoms with van der Waals surface area (Å²) in [6.07, 6.45) is 15.5. The zero-order valence-corrected chi connectivity index (χ0v) is 15.3. The number of phosphoric acid groups is 1. The monoisotopic (exact) mass is 348 g/mol. The maximum Gasteiger partial charge on any atom is 0.472 e. The molecule has 5 nitrogen and oxygen atoms in total. The number of hydrogen-bond donors (Lipinski definition) is 1. The molecule has 0 amide bonds. The van der Waals surface area contributed by atoms with Crippen molar-refractivity contribution >= 4 is 7.82 Å². The van der Waals surface area contributed by atoms with Gasteiger partial charge in [-0.2, -0.15) is 0 Å². The Kier molecular flexibility index (Phi) is 8.56. The fourth-order valence-electron chi connectivity index (χ4n) is 3.82. The Morgan fingerprint density at radius 1 is 0.957 bits per heavy atom. The van der Waals surface area contributed by atoms with Crippen LogP contribution >= 0.6 is 7.82 Å². The predicted octanol–water partition coefficient (Wildman–Crippen LogP) is 4.83. The fourth-order valence-corrected chi connectivity index (χ4v) is 4.28. The van der Waals surface area contributed by atoms with Gasteiger partial charge >= 0.3 is 7.82 Å². The van der Waals surface area contributed by atoms with Crippen molar-refractivity contribution < 1.29 is 23.2 Å². The molecule has 23 heavy (non-hydrogen) atoms. The molecule has 0 aromatic rings. The molecule has 1 aliphatic carbocycles. The second-order valence-electron chi connectivity index (χ2n) is 6.99. The summed E-state index contributed by atoms with van der Waals surface area (Å²) >= 11 is 0. The Morgan fingerprint density at radius 3 is 2.09 bits per heavy atom. The lowest BCUT2D eigenvalue weighted by molar-refractivity contribution is -0.0194. The van der Waals surface area contributed by atoms with Gasteiger partial charge in [-0.3, -0.25) is 9.05 Å². The molecule has 1 saturated carbocycles. The average Bonchev–Trinajstić information content (AvgIpc) is 2.99. The van der Waals surface area contributed by atoms with E-state index < -0.39 is 7.82 Å². The molecule has 6 heteroatoms. The van der Waals surface area contributed by atoms with Crippen molar-refractivity contribution in [3.05, 3.63) is 0 Å². The van der Waals surface area contributed by atoms with Crippen LogP contribution in [-0.2, 0) is 18.3 Å². The smallest absolute Gasteiger partial charge is 0.372 e. The van der Waals surface area contributed by atoms with Crippen LogP contribution < -0.4 is 0 Å². The van der Waals surface area contributed by atoms with Gasteiger partial charge in [0.05, 0.1) is 18.8 Å². The first kappa shape index (κ1) is 19.4. The lowest BCUT2D eigenvalue weighted by Gasteiger charge is -2.24. The van der Waals surface area contributed by atoms with E-state index in [1.165, 1.54) is 71.3 Å². The molecule has 0 radical (unpaired) electrons. The van der Waals surface area contributed by atoms with Gasteiger partial charge in [-0.05, 0) is 31.6 Å². The van der Waals surface area contributed by atoms with Crippen LogP contribution in [0.15, 0.2) is 0 Å². The molecule has 0 spiro atoms. The molecule has 1 aliphatic heterocycles. The van der Waals surface area contributed by atoms with E-state index in [0.29, 0.717) is 12.0 Å². The number of phosphoric ester groups is 1. The summed E-state index contributed by atoms with van der Waals surface area (Å²) < 4.78 is 26.9. The fraction of sp³-hybridized carbons (Fsp3) is 1.00. The van der Waals surface area contributed by atoms with Gasteiger partial charge in [0.1, 0.15) is 0 Å². The molecule has 2 rings (SSSR count). The third kappa shape index (κ3) is 7.23. The predicted molar refractivity (Wildman–Crippen MR) is 90.3 cm³/mol. The van der Waals surface area contributed by atoms with Crippen molar-refractivity contribution in [3.8, 4) is 0 Å². The van der Waals surface area contributed by atoms with E-state index in [-0.39, 0.29) is 12.7 Å². The van der Waals surface area contributed by atoms with Crippen molar-refractivity contribution in [2.75, 3.05) is 13.7 Å². The second-order valence-corrected chi connectivity index (χ2v) is 8.55. The molecule has 0 aromatic heterocycles. The Balaban J connectivity index is 1.77.